The summed E-state index contributed by atoms with van der Waals surface area (Å²) in [6.07, 6.45) is 0.635. The van der Waals surface area contributed by atoms with E-state index < -0.39 is 12.0 Å². The van der Waals surface area contributed by atoms with E-state index in [1.165, 1.54) is 18.2 Å². The van der Waals surface area contributed by atoms with Crippen LogP contribution >= 0.6 is 0 Å². The zero-order chi connectivity index (χ0) is 13.8. The lowest BCUT2D eigenvalue weighted by atomic mass is 9.95. The standard InChI is InChI=1S/C14H18N2O3/c1-9(14(18)19-2)16-13(17)12-7-10-5-3-4-6-11(10)8-15-12/h3-6,9,12,15H,7-8H2,1-2H3,(H,16,17)/t9-,12+/m0/s1. The molecule has 1 aromatic rings. The van der Waals surface area contributed by atoms with Crippen molar-refractivity contribution in [3.8, 4) is 0 Å². The van der Waals surface area contributed by atoms with Gasteiger partial charge >= 0.3 is 5.97 Å². The number of hydrogen-bond donors (Lipinski definition) is 2. The minimum Gasteiger partial charge on any atom is -0.467 e. The highest BCUT2D eigenvalue weighted by atomic mass is 16.5. The molecule has 0 radical (unpaired) electrons. The van der Waals surface area contributed by atoms with Crippen LogP contribution in [0.5, 0.6) is 0 Å². The van der Waals surface area contributed by atoms with Crippen molar-refractivity contribution < 1.29 is 14.3 Å². The predicted octanol–water partition coefficient (Wildman–Crippen LogP) is 0.379. The van der Waals surface area contributed by atoms with Crippen molar-refractivity contribution in [3.05, 3.63) is 35.4 Å². The second-order valence-corrected chi connectivity index (χ2v) is 4.66. The second kappa shape index (κ2) is 5.84. The van der Waals surface area contributed by atoms with Gasteiger partial charge in [-0.2, -0.15) is 0 Å². The molecule has 5 heteroatoms. The van der Waals surface area contributed by atoms with Gasteiger partial charge in [-0.1, -0.05) is 24.3 Å². The van der Waals surface area contributed by atoms with E-state index >= 15 is 0 Å². The summed E-state index contributed by atoms with van der Waals surface area (Å²) in [6, 6.07) is 7.10. The Hall–Kier alpha value is -1.88. The molecule has 2 N–H and O–H groups in total. The summed E-state index contributed by atoms with van der Waals surface area (Å²) in [6.45, 7) is 2.28. The van der Waals surface area contributed by atoms with Gasteiger partial charge in [-0.15, -0.1) is 0 Å². The first-order valence-corrected chi connectivity index (χ1v) is 6.30. The maximum atomic E-state index is 12.1. The van der Waals surface area contributed by atoms with Gasteiger partial charge in [0.15, 0.2) is 0 Å². The number of carbonyl (C=O) groups excluding carboxylic acids is 2. The van der Waals surface area contributed by atoms with E-state index in [9.17, 15) is 9.59 Å². The average molecular weight is 262 g/mol. The quantitative estimate of drug-likeness (QED) is 0.773. The van der Waals surface area contributed by atoms with E-state index in [0.29, 0.717) is 13.0 Å². The maximum Gasteiger partial charge on any atom is 0.328 e. The van der Waals surface area contributed by atoms with Crippen molar-refractivity contribution in [2.75, 3.05) is 7.11 Å². The van der Waals surface area contributed by atoms with Crippen molar-refractivity contribution in [1.82, 2.24) is 10.6 Å². The summed E-state index contributed by atoms with van der Waals surface area (Å²) < 4.78 is 4.58. The van der Waals surface area contributed by atoms with E-state index in [4.69, 9.17) is 0 Å². The van der Waals surface area contributed by atoms with E-state index in [2.05, 4.69) is 15.4 Å². The molecule has 0 aromatic heterocycles. The molecule has 1 aromatic carbocycles. The number of methoxy groups -OCH3 is 1. The Labute approximate surface area is 112 Å². The minimum atomic E-state index is -0.628. The monoisotopic (exact) mass is 262 g/mol. The molecule has 0 fully saturated rings. The fourth-order valence-electron chi connectivity index (χ4n) is 2.19. The van der Waals surface area contributed by atoms with Gasteiger partial charge in [0.1, 0.15) is 6.04 Å². The summed E-state index contributed by atoms with van der Waals surface area (Å²) in [5.74, 6) is -0.614. The van der Waals surface area contributed by atoms with E-state index in [-0.39, 0.29) is 11.9 Å². The predicted molar refractivity (Wildman–Crippen MR) is 70.4 cm³/mol. The summed E-state index contributed by atoms with van der Waals surface area (Å²) in [5, 5.41) is 5.83. The highest BCUT2D eigenvalue weighted by molar-refractivity contribution is 5.87. The van der Waals surface area contributed by atoms with Gasteiger partial charge in [0.2, 0.25) is 5.91 Å². The minimum absolute atomic E-state index is 0.174. The summed E-state index contributed by atoms with van der Waals surface area (Å²) in [7, 11) is 1.31. The number of fused-ring (bicyclic) bond motifs is 1. The Morgan fingerprint density at radius 3 is 2.74 bits per heavy atom. The van der Waals surface area contributed by atoms with Crippen LogP contribution in [0, 0.1) is 0 Å². The van der Waals surface area contributed by atoms with Crippen LogP contribution in [-0.2, 0) is 27.3 Å². The molecule has 0 aliphatic carbocycles. The summed E-state index contributed by atoms with van der Waals surface area (Å²) >= 11 is 0. The molecular formula is C14H18N2O3. The SMILES string of the molecule is COC(=O)[C@H](C)NC(=O)[C@H]1Cc2ccccc2CN1. The zero-order valence-electron chi connectivity index (χ0n) is 11.1. The fourth-order valence-corrected chi connectivity index (χ4v) is 2.19. The average Bonchev–Trinajstić information content (AvgIpc) is 2.45. The first kappa shape index (κ1) is 13.5. The Morgan fingerprint density at radius 2 is 2.05 bits per heavy atom. The van der Waals surface area contributed by atoms with Crippen LogP contribution in [0.3, 0.4) is 0 Å². The Kier molecular flexibility index (Phi) is 4.16. The van der Waals surface area contributed by atoms with Gasteiger partial charge in [-0.3, -0.25) is 4.79 Å². The Bertz CT molecular complexity index is 487. The highest BCUT2D eigenvalue weighted by Crippen LogP contribution is 2.16. The molecule has 1 amide bonds. The number of nitrogens with one attached hydrogen (secondary N) is 2. The largest absolute Gasteiger partial charge is 0.467 e. The number of amides is 1. The first-order chi connectivity index (χ1) is 9.11. The van der Waals surface area contributed by atoms with Gasteiger partial charge in [-0.25, -0.2) is 4.79 Å². The molecule has 5 nitrogen and oxygen atoms in total. The third-order valence-electron chi connectivity index (χ3n) is 3.31. The molecule has 1 heterocycles. The van der Waals surface area contributed by atoms with Crippen LogP contribution in [0.2, 0.25) is 0 Å². The number of rotatable bonds is 3. The van der Waals surface area contributed by atoms with E-state index in [1.54, 1.807) is 6.92 Å². The lowest BCUT2D eigenvalue weighted by Crippen LogP contribution is -2.51. The molecule has 0 saturated heterocycles. The molecule has 2 rings (SSSR count). The normalized spacial score (nSPS) is 19.2. The number of carbonyl (C=O) groups is 2. The van der Waals surface area contributed by atoms with Crippen LogP contribution in [0.1, 0.15) is 18.1 Å². The molecule has 2 atom stereocenters. The molecule has 1 aliphatic rings. The Morgan fingerprint density at radius 1 is 1.37 bits per heavy atom. The molecule has 0 saturated carbocycles. The van der Waals surface area contributed by atoms with Gasteiger partial charge in [0.25, 0.3) is 0 Å². The molecule has 1 aliphatic heterocycles. The van der Waals surface area contributed by atoms with Gasteiger partial charge in [0, 0.05) is 6.54 Å². The lowest BCUT2D eigenvalue weighted by Gasteiger charge is -2.26. The lowest BCUT2D eigenvalue weighted by molar-refractivity contribution is -0.144. The van der Waals surface area contributed by atoms with Crippen LogP contribution < -0.4 is 10.6 Å². The van der Waals surface area contributed by atoms with Crippen molar-refractivity contribution in [2.45, 2.75) is 32.0 Å². The highest BCUT2D eigenvalue weighted by Gasteiger charge is 2.26. The second-order valence-electron chi connectivity index (χ2n) is 4.66. The topological polar surface area (TPSA) is 67.4 Å². The van der Waals surface area contributed by atoms with Crippen LogP contribution in [0.4, 0.5) is 0 Å². The molecule has 19 heavy (non-hydrogen) atoms. The van der Waals surface area contributed by atoms with Crippen LogP contribution in [0.25, 0.3) is 0 Å². The van der Waals surface area contributed by atoms with Gasteiger partial charge < -0.3 is 15.4 Å². The number of ether oxygens (including phenoxy) is 1. The first-order valence-electron chi connectivity index (χ1n) is 6.30. The third-order valence-corrected chi connectivity index (χ3v) is 3.31. The summed E-state index contributed by atoms with van der Waals surface area (Å²) in [5.41, 5.74) is 2.39. The maximum absolute atomic E-state index is 12.1. The van der Waals surface area contributed by atoms with Gasteiger partial charge in [-0.05, 0) is 24.5 Å². The van der Waals surface area contributed by atoms with E-state index in [0.717, 1.165) is 0 Å². The molecule has 102 valence electrons. The number of esters is 1. The third kappa shape index (κ3) is 3.12. The fraction of sp³-hybridized carbons (Fsp3) is 0.429. The van der Waals surface area contributed by atoms with E-state index in [1.807, 2.05) is 24.3 Å². The van der Waals surface area contributed by atoms with Crippen molar-refractivity contribution in [2.24, 2.45) is 0 Å². The zero-order valence-corrected chi connectivity index (χ0v) is 11.1. The molecular weight excluding hydrogens is 244 g/mol. The number of hydrogen-bond acceptors (Lipinski definition) is 4. The Balaban J connectivity index is 1.97. The molecule has 0 bridgehead atoms. The van der Waals surface area contributed by atoms with Gasteiger partial charge in [0.05, 0.1) is 13.2 Å². The smallest absolute Gasteiger partial charge is 0.328 e. The molecule has 0 unspecified atom stereocenters. The van der Waals surface area contributed by atoms with Crippen LogP contribution in [-0.4, -0.2) is 31.1 Å². The number of benzene rings is 1. The van der Waals surface area contributed by atoms with Crippen LogP contribution in [0.15, 0.2) is 24.3 Å². The van der Waals surface area contributed by atoms with Crippen molar-refractivity contribution >= 4 is 11.9 Å². The van der Waals surface area contributed by atoms with Crippen molar-refractivity contribution in [3.63, 3.8) is 0 Å². The summed E-state index contributed by atoms with van der Waals surface area (Å²) in [4.78, 5) is 23.3. The van der Waals surface area contributed by atoms with Crippen molar-refractivity contribution in [1.29, 1.82) is 0 Å². The molecule has 0 spiro atoms.